The number of esters is 1. The Morgan fingerprint density at radius 2 is 1.24 bits per heavy atom. The average molecular weight is 688 g/mol. The van der Waals surface area contributed by atoms with E-state index in [0.29, 0.717) is 69.7 Å². The van der Waals surface area contributed by atoms with Crippen LogP contribution in [0, 0.1) is 0 Å². The van der Waals surface area contributed by atoms with Crippen LogP contribution in [-0.2, 0) is 36.0 Å². The van der Waals surface area contributed by atoms with Crippen LogP contribution in [0.15, 0.2) is 39.3 Å². The third kappa shape index (κ3) is 5.18. The topological polar surface area (TPSA) is 104 Å². The number of rotatable bonds is 11. The SMILES string of the molecule is CCCc1cc(Br)c(O)c(CCC)c1C1(c2c(CCC)cc(Br)c(O)c2CCC)OC(=O)c2cccc(C(=O)O)c21. The van der Waals surface area contributed by atoms with Crippen molar-refractivity contribution in [1.29, 1.82) is 0 Å². The highest BCUT2D eigenvalue weighted by atomic mass is 79.9. The zero-order chi connectivity index (χ0) is 30.1. The molecule has 0 aliphatic carbocycles. The number of phenols is 2. The van der Waals surface area contributed by atoms with Crippen LogP contribution in [0.3, 0.4) is 0 Å². The fraction of sp³-hybridized carbons (Fsp3) is 0.394. The number of carbonyl (C=O) groups is 2. The molecule has 6 nitrogen and oxygen atoms in total. The van der Waals surface area contributed by atoms with E-state index in [9.17, 15) is 24.9 Å². The number of carboxylic acid groups (broad SMARTS) is 1. The first kappa shape index (κ1) is 31.1. The van der Waals surface area contributed by atoms with Gasteiger partial charge in [-0.2, -0.15) is 0 Å². The lowest BCUT2D eigenvalue weighted by molar-refractivity contribution is 0.0234. The molecular weight excluding hydrogens is 652 g/mol. The molecule has 0 fully saturated rings. The summed E-state index contributed by atoms with van der Waals surface area (Å²) in [4.78, 5) is 26.6. The molecule has 1 aliphatic heterocycles. The first-order chi connectivity index (χ1) is 19.6. The summed E-state index contributed by atoms with van der Waals surface area (Å²) < 4.78 is 7.62. The predicted molar refractivity (Wildman–Crippen MR) is 166 cm³/mol. The smallest absolute Gasteiger partial charge is 0.340 e. The number of halogens is 2. The van der Waals surface area contributed by atoms with Crippen molar-refractivity contribution < 1.29 is 29.6 Å². The minimum Gasteiger partial charge on any atom is -0.506 e. The Kier molecular flexibility index (Phi) is 9.54. The number of carboxylic acids is 1. The zero-order valence-electron chi connectivity index (χ0n) is 23.9. The number of aromatic carboxylic acids is 1. The number of cyclic esters (lactones) is 1. The van der Waals surface area contributed by atoms with Crippen LogP contribution in [-0.4, -0.2) is 27.3 Å². The molecule has 0 saturated heterocycles. The van der Waals surface area contributed by atoms with Gasteiger partial charge in [0.25, 0.3) is 0 Å². The number of phenolic OH excluding ortho intramolecular Hbond substituents is 2. The molecule has 0 spiro atoms. The summed E-state index contributed by atoms with van der Waals surface area (Å²) in [5.74, 6) is -1.75. The molecule has 0 radical (unpaired) electrons. The maximum atomic E-state index is 13.8. The summed E-state index contributed by atoms with van der Waals surface area (Å²) >= 11 is 7.07. The van der Waals surface area contributed by atoms with E-state index in [1.807, 2.05) is 39.8 Å². The molecule has 1 aliphatic rings. The maximum absolute atomic E-state index is 13.8. The van der Waals surface area contributed by atoms with Gasteiger partial charge in [0.1, 0.15) is 11.5 Å². The lowest BCUT2D eigenvalue weighted by atomic mass is 9.69. The Balaban J connectivity index is 2.39. The highest BCUT2D eigenvalue weighted by Crippen LogP contribution is 2.56. The quantitative estimate of drug-likeness (QED) is 0.175. The molecule has 3 aromatic rings. The first-order valence-electron chi connectivity index (χ1n) is 14.3. The second-order valence-corrected chi connectivity index (χ2v) is 12.3. The summed E-state index contributed by atoms with van der Waals surface area (Å²) in [5.41, 5.74) is 2.70. The van der Waals surface area contributed by atoms with E-state index < -0.39 is 17.5 Å². The Bertz CT molecular complexity index is 1440. The molecule has 0 bridgehead atoms. The average Bonchev–Trinajstić information content (AvgIpc) is 3.23. The summed E-state index contributed by atoms with van der Waals surface area (Å²) in [5, 5.41) is 33.5. The van der Waals surface area contributed by atoms with Crippen LogP contribution >= 0.6 is 31.9 Å². The summed E-state index contributed by atoms with van der Waals surface area (Å²) in [6.07, 6.45) is 5.05. The normalized spacial score (nSPS) is 13.8. The molecule has 1 heterocycles. The number of ether oxygens (including phenoxy) is 1. The van der Waals surface area contributed by atoms with E-state index in [0.717, 1.165) is 24.0 Å². The van der Waals surface area contributed by atoms with Gasteiger partial charge in [0.15, 0.2) is 5.60 Å². The van der Waals surface area contributed by atoms with E-state index in [4.69, 9.17) is 4.74 Å². The maximum Gasteiger partial charge on any atom is 0.340 e. The molecule has 3 N–H and O–H groups in total. The van der Waals surface area contributed by atoms with Crippen molar-refractivity contribution in [2.24, 2.45) is 0 Å². The predicted octanol–water partition coefficient (Wildman–Crippen LogP) is 8.59. The van der Waals surface area contributed by atoms with Crippen LogP contribution in [0.4, 0.5) is 0 Å². The van der Waals surface area contributed by atoms with Gasteiger partial charge in [-0.15, -0.1) is 0 Å². The molecule has 0 unspecified atom stereocenters. The Morgan fingerprint density at radius 1 is 0.780 bits per heavy atom. The third-order valence-electron chi connectivity index (χ3n) is 7.73. The Morgan fingerprint density at radius 3 is 1.66 bits per heavy atom. The highest BCUT2D eigenvalue weighted by Gasteiger charge is 2.55. The molecular formula is C33H36Br2O6. The number of aromatic hydroxyl groups is 2. The van der Waals surface area contributed by atoms with Crippen molar-refractivity contribution in [3.8, 4) is 11.5 Å². The van der Waals surface area contributed by atoms with Gasteiger partial charge in [-0.1, -0.05) is 59.4 Å². The van der Waals surface area contributed by atoms with Crippen LogP contribution in [0.5, 0.6) is 11.5 Å². The van der Waals surface area contributed by atoms with E-state index in [1.165, 1.54) is 6.07 Å². The van der Waals surface area contributed by atoms with Crippen LogP contribution < -0.4 is 0 Å². The van der Waals surface area contributed by atoms with Gasteiger partial charge in [0.05, 0.1) is 20.1 Å². The van der Waals surface area contributed by atoms with Crippen molar-refractivity contribution in [2.75, 3.05) is 0 Å². The molecule has 8 heteroatoms. The van der Waals surface area contributed by atoms with E-state index in [2.05, 4.69) is 31.9 Å². The number of carbonyl (C=O) groups excluding carboxylic acids is 1. The van der Waals surface area contributed by atoms with Crippen LogP contribution in [0.25, 0.3) is 0 Å². The molecule has 0 aromatic heterocycles. The van der Waals surface area contributed by atoms with Gasteiger partial charge in [-0.05, 0) is 92.9 Å². The standard InChI is InChI=1S/C33H36Br2O6/c1-5-10-18-16-24(34)29(36)20(12-7-3)26(18)33(28-22(31(38)39)14-9-15-23(28)32(40)41-33)27-19(11-6-2)17-25(35)30(37)21(27)13-8-4/h9,14-17,36-37H,5-8,10-13H2,1-4H3,(H,38,39). The van der Waals surface area contributed by atoms with Gasteiger partial charge in [0, 0.05) is 27.8 Å². The largest absolute Gasteiger partial charge is 0.506 e. The van der Waals surface area contributed by atoms with Gasteiger partial charge in [0.2, 0.25) is 0 Å². The van der Waals surface area contributed by atoms with Gasteiger partial charge in [-0.3, -0.25) is 0 Å². The summed E-state index contributed by atoms with van der Waals surface area (Å²) in [6, 6.07) is 8.34. The van der Waals surface area contributed by atoms with Crippen molar-refractivity contribution >= 4 is 43.8 Å². The number of hydrogen-bond acceptors (Lipinski definition) is 5. The first-order valence-corrected chi connectivity index (χ1v) is 15.8. The van der Waals surface area contributed by atoms with E-state index in [-0.39, 0.29) is 28.2 Å². The fourth-order valence-corrected chi connectivity index (χ4v) is 7.33. The van der Waals surface area contributed by atoms with Gasteiger partial charge < -0.3 is 20.1 Å². The van der Waals surface area contributed by atoms with E-state index >= 15 is 0 Å². The number of fused-ring (bicyclic) bond motifs is 1. The molecule has 0 amide bonds. The van der Waals surface area contributed by atoms with Crippen molar-refractivity contribution in [1.82, 2.24) is 0 Å². The van der Waals surface area contributed by atoms with Crippen molar-refractivity contribution in [3.05, 3.63) is 89.3 Å². The second kappa shape index (κ2) is 12.6. The zero-order valence-corrected chi connectivity index (χ0v) is 27.0. The Hall–Kier alpha value is -2.84. The molecule has 218 valence electrons. The number of hydrogen-bond donors (Lipinski definition) is 3. The second-order valence-electron chi connectivity index (χ2n) is 10.5. The lowest BCUT2D eigenvalue weighted by Gasteiger charge is -2.38. The number of aryl methyl sites for hydroxylation is 2. The highest BCUT2D eigenvalue weighted by molar-refractivity contribution is 9.10. The molecule has 4 rings (SSSR count). The van der Waals surface area contributed by atoms with Gasteiger partial charge in [-0.25, -0.2) is 9.59 Å². The Labute approximate surface area is 258 Å². The third-order valence-corrected chi connectivity index (χ3v) is 8.94. The fourth-order valence-electron chi connectivity index (χ4n) is 6.30. The minimum atomic E-state index is -1.71. The summed E-state index contributed by atoms with van der Waals surface area (Å²) in [6.45, 7) is 8.10. The van der Waals surface area contributed by atoms with Crippen LogP contribution in [0.2, 0.25) is 0 Å². The monoisotopic (exact) mass is 686 g/mol. The molecule has 0 atom stereocenters. The summed E-state index contributed by atoms with van der Waals surface area (Å²) in [7, 11) is 0. The molecule has 3 aromatic carbocycles. The molecule has 0 saturated carbocycles. The number of benzene rings is 3. The minimum absolute atomic E-state index is 0.0359. The van der Waals surface area contributed by atoms with Crippen molar-refractivity contribution in [3.63, 3.8) is 0 Å². The van der Waals surface area contributed by atoms with Gasteiger partial charge >= 0.3 is 11.9 Å². The van der Waals surface area contributed by atoms with Crippen LogP contribution in [0.1, 0.15) is 113 Å². The van der Waals surface area contributed by atoms with Crippen molar-refractivity contribution in [2.45, 2.75) is 84.7 Å². The molecule has 41 heavy (non-hydrogen) atoms. The lowest BCUT2D eigenvalue weighted by Crippen LogP contribution is -2.36. The van der Waals surface area contributed by atoms with E-state index in [1.54, 1.807) is 12.1 Å².